The van der Waals surface area contributed by atoms with Crippen LogP contribution in [0.4, 0.5) is 5.69 Å². The van der Waals surface area contributed by atoms with Crippen molar-refractivity contribution in [2.75, 3.05) is 13.6 Å². The van der Waals surface area contributed by atoms with Crippen LogP contribution >= 0.6 is 0 Å². The Kier molecular flexibility index (Phi) is 4.57. The number of nitro groups is 1. The normalized spacial score (nSPS) is 21.3. The molecule has 1 fully saturated rings. The van der Waals surface area contributed by atoms with E-state index in [0.29, 0.717) is 6.54 Å². The van der Waals surface area contributed by atoms with Gasteiger partial charge in [-0.25, -0.2) is 0 Å². The van der Waals surface area contributed by atoms with E-state index in [0.717, 1.165) is 24.8 Å². The zero-order valence-corrected chi connectivity index (χ0v) is 12.4. The zero-order chi connectivity index (χ0) is 15.6. The number of carbonyl (C=O) groups excluding carboxylic acids is 1. The maximum Gasteiger partial charge on any atom is 0.282 e. The van der Waals surface area contributed by atoms with E-state index in [9.17, 15) is 14.9 Å². The predicted octanol–water partition coefficient (Wildman–Crippen LogP) is 2.10. The van der Waals surface area contributed by atoms with Crippen molar-refractivity contribution in [3.05, 3.63) is 39.4 Å². The van der Waals surface area contributed by atoms with Gasteiger partial charge in [0.05, 0.1) is 4.92 Å². The summed E-state index contributed by atoms with van der Waals surface area (Å²) in [5, 5.41) is 11.1. The van der Waals surface area contributed by atoms with Crippen molar-refractivity contribution in [3.8, 4) is 0 Å². The molecule has 1 aliphatic carbocycles. The third kappa shape index (κ3) is 3.05. The van der Waals surface area contributed by atoms with Gasteiger partial charge in [0.15, 0.2) is 0 Å². The minimum absolute atomic E-state index is 0.0719. The second-order valence-corrected chi connectivity index (χ2v) is 5.69. The van der Waals surface area contributed by atoms with E-state index >= 15 is 0 Å². The van der Waals surface area contributed by atoms with Gasteiger partial charge >= 0.3 is 0 Å². The molecule has 6 nitrogen and oxygen atoms in total. The van der Waals surface area contributed by atoms with Crippen LogP contribution in [0.3, 0.4) is 0 Å². The summed E-state index contributed by atoms with van der Waals surface area (Å²) in [5.41, 5.74) is 6.61. The van der Waals surface area contributed by atoms with E-state index < -0.39 is 4.92 Å². The van der Waals surface area contributed by atoms with E-state index in [1.807, 2.05) is 6.92 Å². The van der Waals surface area contributed by atoms with Gasteiger partial charge in [-0.15, -0.1) is 0 Å². The van der Waals surface area contributed by atoms with Crippen molar-refractivity contribution in [2.24, 2.45) is 11.7 Å². The lowest BCUT2D eigenvalue weighted by Crippen LogP contribution is -2.41. The number of hydrogen-bond donors (Lipinski definition) is 1. The monoisotopic (exact) mass is 291 g/mol. The number of nitrogens with two attached hydrogens (primary N) is 1. The van der Waals surface area contributed by atoms with Crippen LogP contribution in [-0.4, -0.2) is 35.4 Å². The number of amides is 1. The van der Waals surface area contributed by atoms with Crippen LogP contribution < -0.4 is 5.73 Å². The molecule has 2 N–H and O–H groups in total. The van der Waals surface area contributed by atoms with Crippen LogP contribution in [0.2, 0.25) is 0 Å². The van der Waals surface area contributed by atoms with Crippen LogP contribution in [0.5, 0.6) is 0 Å². The van der Waals surface area contributed by atoms with Crippen molar-refractivity contribution >= 4 is 11.6 Å². The molecule has 0 aliphatic heterocycles. The minimum Gasteiger partial charge on any atom is -0.338 e. The Morgan fingerprint density at radius 3 is 2.81 bits per heavy atom. The fourth-order valence-electron chi connectivity index (χ4n) is 3.12. The van der Waals surface area contributed by atoms with Crippen LogP contribution in [0.15, 0.2) is 18.2 Å². The summed E-state index contributed by atoms with van der Waals surface area (Å²) in [6.45, 7) is 2.36. The van der Waals surface area contributed by atoms with Gasteiger partial charge in [0.1, 0.15) is 5.56 Å². The van der Waals surface area contributed by atoms with E-state index in [-0.39, 0.29) is 29.1 Å². The number of aryl methyl sites for hydroxylation is 1. The molecule has 1 saturated carbocycles. The maximum absolute atomic E-state index is 12.7. The molecule has 1 aromatic rings. The molecule has 1 aromatic carbocycles. The number of rotatable bonds is 4. The molecule has 0 saturated heterocycles. The van der Waals surface area contributed by atoms with Gasteiger partial charge in [0.25, 0.3) is 11.6 Å². The fourth-order valence-corrected chi connectivity index (χ4v) is 3.12. The van der Waals surface area contributed by atoms with Crippen molar-refractivity contribution in [2.45, 2.75) is 32.2 Å². The smallest absolute Gasteiger partial charge is 0.282 e. The highest BCUT2D eigenvalue weighted by Gasteiger charge is 2.34. The van der Waals surface area contributed by atoms with Crippen LogP contribution in [0, 0.1) is 23.0 Å². The molecular weight excluding hydrogens is 270 g/mol. The summed E-state index contributed by atoms with van der Waals surface area (Å²) in [6, 6.07) is 4.70. The van der Waals surface area contributed by atoms with Crippen molar-refractivity contribution in [1.82, 2.24) is 4.90 Å². The van der Waals surface area contributed by atoms with Gasteiger partial charge < -0.3 is 10.6 Å². The number of benzene rings is 1. The van der Waals surface area contributed by atoms with Crippen molar-refractivity contribution in [1.29, 1.82) is 0 Å². The van der Waals surface area contributed by atoms with Gasteiger partial charge in [-0.2, -0.15) is 0 Å². The SMILES string of the molecule is Cc1ccc([N+](=O)[O-])c(C(=O)N(C)C2CCCC2CN)c1. The lowest BCUT2D eigenvalue weighted by molar-refractivity contribution is -0.385. The molecule has 2 rings (SSSR count). The summed E-state index contributed by atoms with van der Waals surface area (Å²) in [7, 11) is 1.72. The highest BCUT2D eigenvalue weighted by Crippen LogP contribution is 2.30. The van der Waals surface area contributed by atoms with Gasteiger partial charge in [-0.3, -0.25) is 14.9 Å². The molecule has 0 radical (unpaired) electrons. The molecule has 2 unspecified atom stereocenters. The van der Waals surface area contributed by atoms with Crippen LogP contribution in [0.25, 0.3) is 0 Å². The summed E-state index contributed by atoms with van der Waals surface area (Å²) in [4.78, 5) is 24.9. The van der Waals surface area contributed by atoms with Gasteiger partial charge in [0, 0.05) is 19.2 Å². The first-order chi connectivity index (χ1) is 9.95. The molecule has 0 bridgehead atoms. The molecule has 1 aliphatic rings. The Morgan fingerprint density at radius 1 is 1.48 bits per heavy atom. The zero-order valence-electron chi connectivity index (χ0n) is 12.4. The molecule has 0 spiro atoms. The molecular formula is C15H21N3O3. The predicted molar refractivity (Wildman–Crippen MR) is 80.1 cm³/mol. The number of nitrogens with zero attached hydrogens (tertiary/aromatic N) is 2. The first kappa shape index (κ1) is 15.4. The van der Waals surface area contributed by atoms with Crippen LogP contribution in [-0.2, 0) is 0 Å². The quantitative estimate of drug-likeness (QED) is 0.679. The first-order valence-corrected chi connectivity index (χ1v) is 7.18. The molecule has 21 heavy (non-hydrogen) atoms. The average Bonchev–Trinajstić information content (AvgIpc) is 2.93. The first-order valence-electron chi connectivity index (χ1n) is 7.18. The maximum atomic E-state index is 12.7. The Balaban J connectivity index is 2.31. The van der Waals surface area contributed by atoms with E-state index in [1.54, 1.807) is 24.1 Å². The Morgan fingerprint density at radius 2 is 2.19 bits per heavy atom. The number of carbonyl (C=O) groups is 1. The highest BCUT2D eigenvalue weighted by atomic mass is 16.6. The molecule has 2 atom stereocenters. The lowest BCUT2D eigenvalue weighted by atomic mass is 10.0. The Bertz CT molecular complexity index is 559. The van der Waals surface area contributed by atoms with E-state index in [4.69, 9.17) is 5.73 Å². The standard InChI is InChI=1S/C15H21N3O3/c1-10-6-7-14(18(20)21)12(8-10)15(19)17(2)13-5-3-4-11(13)9-16/h6-8,11,13H,3-5,9,16H2,1-2H3. The Labute approximate surface area is 124 Å². The molecule has 0 aromatic heterocycles. The topological polar surface area (TPSA) is 89.5 Å². The number of hydrogen-bond acceptors (Lipinski definition) is 4. The second kappa shape index (κ2) is 6.22. The minimum atomic E-state index is -0.504. The highest BCUT2D eigenvalue weighted by molar-refractivity contribution is 5.98. The summed E-state index contributed by atoms with van der Waals surface area (Å²) in [6.07, 6.45) is 2.96. The van der Waals surface area contributed by atoms with Crippen molar-refractivity contribution < 1.29 is 9.72 Å². The molecule has 114 valence electrons. The van der Waals surface area contributed by atoms with E-state index in [2.05, 4.69) is 0 Å². The largest absolute Gasteiger partial charge is 0.338 e. The molecule has 6 heteroatoms. The lowest BCUT2D eigenvalue weighted by Gasteiger charge is -2.29. The summed E-state index contributed by atoms with van der Waals surface area (Å²) in [5.74, 6) is -0.0152. The molecule has 1 amide bonds. The van der Waals surface area contributed by atoms with Crippen LogP contribution in [0.1, 0.15) is 35.2 Å². The van der Waals surface area contributed by atoms with E-state index in [1.165, 1.54) is 6.07 Å². The summed E-state index contributed by atoms with van der Waals surface area (Å²) < 4.78 is 0. The third-order valence-corrected chi connectivity index (χ3v) is 4.32. The average molecular weight is 291 g/mol. The van der Waals surface area contributed by atoms with Gasteiger partial charge in [-0.05, 0) is 43.9 Å². The number of nitro benzene ring substituents is 1. The van der Waals surface area contributed by atoms with Gasteiger partial charge in [-0.1, -0.05) is 12.5 Å². The Hall–Kier alpha value is -1.95. The second-order valence-electron chi connectivity index (χ2n) is 5.69. The summed E-state index contributed by atoms with van der Waals surface area (Å²) >= 11 is 0. The van der Waals surface area contributed by atoms with Crippen molar-refractivity contribution in [3.63, 3.8) is 0 Å². The fraction of sp³-hybridized carbons (Fsp3) is 0.533. The third-order valence-electron chi connectivity index (χ3n) is 4.32. The van der Waals surface area contributed by atoms with Gasteiger partial charge in [0.2, 0.25) is 0 Å². The molecule has 0 heterocycles.